The molecule has 20 heavy (non-hydrogen) atoms. The highest BCUT2D eigenvalue weighted by atomic mass is 35.5. The van der Waals surface area contributed by atoms with Crippen LogP contribution in [-0.2, 0) is 4.79 Å². The Morgan fingerprint density at radius 3 is 2.95 bits per heavy atom. The van der Waals surface area contributed by atoms with Crippen LogP contribution in [0.2, 0.25) is 5.02 Å². The summed E-state index contributed by atoms with van der Waals surface area (Å²) < 4.78 is 0. The molecule has 1 aromatic heterocycles. The number of benzene rings is 1. The van der Waals surface area contributed by atoms with Gasteiger partial charge in [0, 0.05) is 23.7 Å². The number of nitrogens with one attached hydrogen (secondary N) is 1. The molecule has 0 spiro atoms. The van der Waals surface area contributed by atoms with Gasteiger partial charge in [-0.15, -0.1) is 0 Å². The highest BCUT2D eigenvalue weighted by Gasteiger charge is 2.06. The number of anilines is 1. The summed E-state index contributed by atoms with van der Waals surface area (Å²) in [5.74, 6) is -0.881. The number of hydrogen-bond donors (Lipinski definition) is 2. The summed E-state index contributed by atoms with van der Waals surface area (Å²) in [5, 5.41) is 13.6. The number of pyridine rings is 1. The van der Waals surface area contributed by atoms with Crippen molar-refractivity contribution < 1.29 is 9.90 Å². The molecule has 0 fully saturated rings. The number of carbonyl (C=O) groups is 1. The summed E-state index contributed by atoms with van der Waals surface area (Å²) in [7, 11) is 0. The third-order valence-corrected chi connectivity index (χ3v) is 3.34. The van der Waals surface area contributed by atoms with E-state index in [9.17, 15) is 4.79 Å². The lowest BCUT2D eigenvalue weighted by molar-refractivity contribution is -0.132. The molecular formula is C15H15ClN2O2. The predicted molar refractivity (Wildman–Crippen MR) is 81.3 cm³/mol. The Balaban J connectivity index is 2.23. The molecule has 0 aliphatic carbocycles. The standard InChI is InChI=1S/C15H15ClN2O2/c1-2-10(15(19)20)7-9-17-13-6-5-12(16)11-4-3-8-18-14(11)13/h3-8,17H,2,9H2,1H3,(H,19,20)/b10-7-. The Morgan fingerprint density at radius 2 is 2.25 bits per heavy atom. The van der Waals surface area contributed by atoms with E-state index in [0.29, 0.717) is 23.6 Å². The average Bonchev–Trinajstić information content (AvgIpc) is 2.45. The van der Waals surface area contributed by atoms with Crippen molar-refractivity contribution in [1.29, 1.82) is 0 Å². The van der Waals surface area contributed by atoms with Crippen molar-refractivity contribution in [2.45, 2.75) is 13.3 Å². The van der Waals surface area contributed by atoms with Gasteiger partial charge in [0.25, 0.3) is 0 Å². The van der Waals surface area contributed by atoms with Crippen molar-refractivity contribution in [1.82, 2.24) is 4.98 Å². The van der Waals surface area contributed by atoms with Gasteiger partial charge in [0.05, 0.1) is 16.2 Å². The molecule has 0 radical (unpaired) electrons. The van der Waals surface area contributed by atoms with E-state index < -0.39 is 5.97 Å². The van der Waals surface area contributed by atoms with Gasteiger partial charge in [0.1, 0.15) is 0 Å². The van der Waals surface area contributed by atoms with Gasteiger partial charge < -0.3 is 10.4 Å². The van der Waals surface area contributed by atoms with Crippen molar-refractivity contribution in [2.75, 3.05) is 11.9 Å². The van der Waals surface area contributed by atoms with Crippen LogP contribution in [-0.4, -0.2) is 22.6 Å². The molecule has 0 aliphatic heterocycles. The largest absolute Gasteiger partial charge is 0.478 e. The smallest absolute Gasteiger partial charge is 0.331 e. The maximum Gasteiger partial charge on any atom is 0.331 e. The first-order valence-electron chi connectivity index (χ1n) is 6.33. The topological polar surface area (TPSA) is 62.2 Å². The van der Waals surface area contributed by atoms with Crippen LogP contribution in [0.15, 0.2) is 42.1 Å². The molecule has 0 atom stereocenters. The van der Waals surface area contributed by atoms with Crippen LogP contribution >= 0.6 is 11.6 Å². The quantitative estimate of drug-likeness (QED) is 0.824. The minimum absolute atomic E-state index is 0.392. The molecule has 2 N–H and O–H groups in total. The van der Waals surface area contributed by atoms with Crippen LogP contribution in [0.5, 0.6) is 0 Å². The number of fused-ring (bicyclic) bond motifs is 1. The molecule has 1 aromatic carbocycles. The van der Waals surface area contributed by atoms with E-state index >= 15 is 0 Å². The van der Waals surface area contributed by atoms with Crippen LogP contribution in [0, 0.1) is 0 Å². The van der Waals surface area contributed by atoms with Crippen LogP contribution in [0.25, 0.3) is 10.9 Å². The zero-order chi connectivity index (χ0) is 14.5. The number of hydrogen-bond acceptors (Lipinski definition) is 3. The molecule has 0 bridgehead atoms. The first-order valence-corrected chi connectivity index (χ1v) is 6.70. The summed E-state index contributed by atoms with van der Waals surface area (Å²) in [6, 6.07) is 7.38. The van der Waals surface area contributed by atoms with Crippen molar-refractivity contribution in [3.8, 4) is 0 Å². The minimum atomic E-state index is -0.881. The Morgan fingerprint density at radius 1 is 1.45 bits per heavy atom. The van der Waals surface area contributed by atoms with Gasteiger partial charge in [0.2, 0.25) is 0 Å². The first-order chi connectivity index (χ1) is 9.63. The number of aromatic nitrogens is 1. The molecule has 1 heterocycles. The predicted octanol–water partition coefficient (Wildman–Crippen LogP) is 3.72. The van der Waals surface area contributed by atoms with Crippen LogP contribution < -0.4 is 5.32 Å². The zero-order valence-corrected chi connectivity index (χ0v) is 11.8. The molecule has 4 nitrogen and oxygen atoms in total. The molecule has 2 aromatic rings. The van der Waals surface area contributed by atoms with E-state index in [1.165, 1.54) is 0 Å². The third-order valence-electron chi connectivity index (χ3n) is 3.01. The second-order valence-corrected chi connectivity index (χ2v) is 4.67. The van der Waals surface area contributed by atoms with Gasteiger partial charge in [0.15, 0.2) is 0 Å². The van der Waals surface area contributed by atoms with E-state index in [-0.39, 0.29) is 0 Å². The summed E-state index contributed by atoms with van der Waals surface area (Å²) >= 11 is 6.12. The molecule has 0 saturated carbocycles. The first kappa shape index (κ1) is 14.3. The van der Waals surface area contributed by atoms with Crippen molar-refractivity contribution in [3.05, 3.63) is 47.1 Å². The van der Waals surface area contributed by atoms with E-state index in [0.717, 1.165) is 16.6 Å². The Kier molecular flexibility index (Phi) is 4.58. The summed E-state index contributed by atoms with van der Waals surface area (Å²) in [4.78, 5) is 15.2. The molecule has 5 heteroatoms. The summed E-state index contributed by atoms with van der Waals surface area (Å²) in [6.45, 7) is 2.25. The Labute approximate surface area is 122 Å². The molecule has 0 amide bonds. The molecule has 2 rings (SSSR count). The SMILES string of the molecule is CC/C(=C/CNc1ccc(Cl)c2cccnc12)C(=O)O. The van der Waals surface area contributed by atoms with Crippen LogP contribution in [0.3, 0.4) is 0 Å². The molecule has 0 saturated heterocycles. The number of nitrogens with zero attached hydrogens (tertiary/aromatic N) is 1. The molecular weight excluding hydrogens is 276 g/mol. The lowest BCUT2D eigenvalue weighted by atomic mass is 10.1. The number of rotatable bonds is 5. The molecule has 0 unspecified atom stereocenters. The van der Waals surface area contributed by atoms with E-state index in [1.807, 2.05) is 25.1 Å². The summed E-state index contributed by atoms with van der Waals surface area (Å²) in [6.07, 6.45) is 3.87. The number of aliphatic carboxylic acids is 1. The van der Waals surface area contributed by atoms with Crippen molar-refractivity contribution in [3.63, 3.8) is 0 Å². The lowest BCUT2D eigenvalue weighted by Gasteiger charge is -2.08. The fraction of sp³-hybridized carbons (Fsp3) is 0.200. The Bertz CT molecular complexity index is 668. The maximum atomic E-state index is 10.9. The monoisotopic (exact) mass is 290 g/mol. The van der Waals surface area contributed by atoms with Gasteiger partial charge in [-0.05, 0) is 30.7 Å². The number of carboxylic acid groups (broad SMARTS) is 1. The van der Waals surface area contributed by atoms with Gasteiger partial charge >= 0.3 is 5.97 Å². The zero-order valence-electron chi connectivity index (χ0n) is 11.1. The Hall–Kier alpha value is -2.07. The van der Waals surface area contributed by atoms with E-state index in [1.54, 1.807) is 18.3 Å². The third kappa shape index (κ3) is 3.08. The van der Waals surface area contributed by atoms with Crippen LogP contribution in [0.1, 0.15) is 13.3 Å². The van der Waals surface area contributed by atoms with Crippen molar-refractivity contribution >= 4 is 34.2 Å². The van der Waals surface area contributed by atoms with E-state index in [2.05, 4.69) is 10.3 Å². The van der Waals surface area contributed by atoms with E-state index in [4.69, 9.17) is 16.7 Å². The average molecular weight is 291 g/mol. The van der Waals surface area contributed by atoms with Gasteiger partial charge in [-0.1, -0.05) is 24.6 Å². The highest BCUT2D eigenvalue weighted by molar-refractivity contribution is 6.35. The summed E-state index contributed by atoms with van der Waals surface area (Å²) in [5.41, 5.74) is 2.01. The maximum absolute atomic E-state index is 10.9. The van der Waals surface area contributed by atoms with Gasteiger partial charge in [-0.25, -0.2) is 4.79 Å². The van der Waals surface area contributed by atoms with Gasteiger partial charge in [-0.2, -0.15) is 0 Å². The van der Waals surface area contributed by atoms with Gasteiger partial charge in [-0.3, -0.25) is 4.98 Å². The fourth-order valence-electron chi connectivity index (χ4n) is 1.95. The molecule has 0 aliphatic rings. The fourth-order valence-corrected chi connectivity index (χ4v) is 2.16. The van der Waals surface area contributed by atoms with Crippen molar-refractivity contribution in [2.24, 2.45) is 0 Å². The second kappa shape index (κ2) is 6.39. The van der Waals surface area contributed by atoms with Crippen LogP contribution in [0.4, 0.5) is 5.69 Å². The normalized spacial score (nSPS) is 11.6. The number of halogens is 1. The second-order valence-electron chi connectivity index (χ2n) is 4.26. The lowest BCUT2D eigenvalue weighted by Crippen LogP contribution is -2.05. The molecule has 104 valence electrons. The number of carboxylic acids is 1. The minimum Gasteiger partial charge on any atom is -0.478 e. The highest BCUT2D eigenvalue weighted by Crippen LogP contribution is 2.27.